The molecule has 0 aromatic carbocycles. The number of carboxylic acids is 1. The van der Waals surface area contributed by atoms with Gasteiger partial charge in [-0.1, -0.05) is 192 Å². The second-order valence-electron chi connectivity index (χ2n) is 14.5. The number of carboxylic acid groups (broad SMARTS) is 1. The number of ketones is 1. The van der Waals surface area contributed by atoms with Gasteiger partial charge >= 0.3 is 5.97 Å². The van der Waals surface area contributed by atoms with Crippen molar-refractivity contribution in [1.82, 2.24) is 0 Å². The first-order valence-electron chi connectivity index (χ1n) is 21.2. The van der Waals surface area contributed by atoms with Crippen LogP contribution in [0.4, 0.5) is 0 Å². The first kappa shape index (κ1) is 45.6. The van der Waals surface area contributed by atoms with Crippen molar-refractivity contribution in [2.45, 2.75) is 239 Å². The molecule has 3 nitrogen and oxygen atoms in total. The molecule has 0 fully saturated rings. The monoisotopic (exact) mass is 659 g/mol. The molecule has 0 aromatic heterocycles. The number of carbonyl (C=O) groups is 2. The molecule has 0 aromatic rings. The molecule has 0 spiro atoms. The van der Waals surface area contributed by atoms with E-state index >= 15 is 0 Å². The highest BCUT2D eigenvalue weighted by Crippen LogP contribution is 2.19. The van der Waals surface area contributed by atoms with Gasteiger partial charge in [-0.25, -0.2) is 0 Å². The number of hydrogen-bond donors (Lipinski definition) is 1. The Hall–Kier alpha value is -1.38. The molecule has 0 aliphatic carbocycles. The Morgan fingerprint density at radius 2 is 0.681 bits per heavy atom. The molecule has 0 aliphatic heterocycles. The Labute approximate surface area is 294 Å². The van der Waals surface area contributed by atoms with Crippen molar-refractivity contribution in [3.05, 3.63) is 24.3 Å². The topological polar surface area (TPSA) is 54.4 Å². The summed E-state index contributed by atoms with van der Waals surface area (Å²) >= 11 is 0. The predicted octanol–water partition coefficient (Wildman–Crippen LogP) is 15.1. The molecule has 1 atom stereocenters. The van der Waals surface area contributed by atoms with Gasteiger partial charge in [-0.2, -0.15) is 0 Å². The van der Waals surface area contributed by atoms with E-state index in [4.69, 9.17) is 0 Å². The van der Waals surface area contributed by atoms with E-state index in [1.54, 1.807) is 0 Å². The molecular formula is C44H82O3. The molecule has 0 bridgehead atoms. The smallest absolute Gasteiger partial charge is 0.314 e. The Morgan fingerprint density at radius 3 is 1.00 bits per heavy atom. The third-order valence-corrected chi connectivity index (χ3v) is 9.88. The van der Waals surface area contributed by atoms with Crippen LogP contribution in [0.1, 0.15) is 239 Å². The fourth-order valence-corrected chi connectivity index (χ4v) is 6.62. The minimum Gasteiger partial charge on any atom is -0.481 e. The van der Waals surface area contributed by atoms with Crippen molar-refractivity contribution >= 4 is 11.8 Å². The fraction of sp³-hybridized carbons (Fsp3) is 0.864. The Balaban J connectivity index is 3.54. The molecule has 276 valence electrons. The summed E-state index contributed by atoms with van der Waals surface area (Å²) in [6, 6.07) is 0. The summed E-state index contributed by atoms with van der Waals surface area (Å²) in [6.45, 7) is 4.55. The normalized spacial score (nSPS) is 12.5. The van der Waals surface area contributed by atoms with Gasteiger partial charge in [0.1, 0.15) is 11.7 Å². The second-order valence-corrected chi connectivity index (χ2v) is 14.5. The fourth-order valence-electron chi connectivity index (χ4n) is 6.62. The van der Waals surface area contributed by atoms with E-state index < -0.39 is 11.9 Å². The molecule has 0 amide bonds. The minimum absolute atomic E-state index is 0.0421. The van der Waals surface area contributed by atoms with Gasteiger partial charge in [0, 0.05) is 6.42 Å². The lowest BCUT2D eigenvalue weighted by atomic mass is 9.93. The highest BCUT2D eigenvalue weighted by molar-refractivity contribution is 5.98. The van der Waals surface area contributed by atoms with Gasteiger partial charge in [-0.3, -0.25) is 9.59 Å². The molecule has 0 heterocycles. The lowest BCUT2D eigenvalue weighted by molar-refractivity contribution is -0.146. The maximum absolute atomic E-state index is 12.6. The highest BCUT2D eigenvalue weighted by atomic mass is 16.4. The van der Waals surface area contributed by atoms with Crippen LogP contribution < -0.4 is 0 Å². The van der Waals surface area contributed by atoms with Crippen molar-refractivity contribution < 1.29 is 14.7 Å². The van der Waals surface area contributed by atoms with Crippen LogP contribution in [0.3, 0.4) is 0 Å². The molecule has 47 heavy (non-hydrogen) atoms. The maximum atomic E-state index is 12.6. The van der Waals surface area contributed by atoms with E-state index in [-0.39, 0.29) is 5.78 Å². The van der Waals surface area contributed by atoms with Gasteiger partial charge in [0.2, 0.25) is 0 Å². The van der Waals surface area contributed by atoms with Gasteiger partial charge in [-0.15, -0.1) is 0 Å². The van der Waals surface area contributed by atoms with Crippen molar-refractivity contribution in [2.75, 3.05) is 0 Å². The number of rotatable bonds is 39. The molecule has 0 radical (unpaired) electrons. The highest BCUT2D eigenvalue weighted by Gasteiger charge is 2.24. The van der Waals surface area contributed by atoms with E-state index in [0.29, 0.717) is 12.8 Å². The summed E-state index contributed by atoms with van der Waals surface area (Å²) in [6.07, 6.45) is 52.4. The summed E-state index contributed by atoms with van der Waals surface area (Å²) in [7, 11) is 0. The van der Waals surface area contributed by atoms with E-state index in [1.807, 2.05) is 0 Å². The summed E-state index contributed by atoms with van der Waals surface area (Å²) in [5.41, 5.74) is 0. The molecule has 0 saturated carbocycles. The number of allylic oxidation sites excluding steroid dienone is 4. The van der Waals surface area contributed by atoms with Gasteiger partial charge in [0.25, 0.3) is 0 Å². The number of carbonyl (C=O) groups excluding carboxylic acids is 1. The van der Waals surface area contributed by atoms with Gasteiger partial charge in [0.05, 0.1) is 0 Å². The van der Waals surface area contributed by atoms with Gasteiger partial charge in [-0.05, 0) is 64.2 Å². The summed E-state index contributed by atoms with van der Waals surface area (Å²) in [4.78, 5) is 24.3. The number of Topliss-reactive ketones (excluding diaryl/α,β-unsaturated/α-hetero) is 1. The van der Waals surface area contributed by atoms with Crippen LogP contribution >= 0.6 is 0 Å². The zero-order valence-corrected chi connectivity index (χ0v) is 31.9. The van der Waals surface area contributed by atoms with Crippen LogP contribution in [0.15, 0.2) is 24.3 Å². The van der Waals surface area contributed by atoms with E-state index in [1.165, 1.54) is 180 Å². The van der Waals surface area contributed by atoms with Crippen molar-refractivity contribution in [3.63, 3.8) is 0 Å². The van der Waals surface area contributed by atoms with Crippen LogP contribution in [-0.4, -0.2) is 16.9 Å². The Kier molecular flexibility index (Phi) is 37.9. The van der Waals surface area contributed by atoms with Gasteiger partial charge < -0.3 is 5.11 Å². The van der Waals surface area contributed by atoms with Gasteiger partial charge in [0.15, 0.2) is 0 Å². The minimum atomic E-state index is -0.913. The first-order chi connectivity index (χ1) is 23.1. The van der Waals surface area contributed by atoms with Crippen molar-refractivity contribution in [2.24, 2.45) is 5.92 Å². The standard InChI is InChI=1S/C44H82O3/c1-3-5-7-9-11-13-15-17-19-21-23-25-27-29-31-33-35-37-39-41-43(45)42(44(46)47)40-38-36-34-32-30-28-26-24-22-20-18-16-14-12-10-8-6-4-2/h17-20,42H,3-16,21-41H2,1-2H3,(H,46,47). The lowest BCUT2D eigenvalue weighted by Crippen LogP contribution is -2.23. The average molecular weight is 659 g/mol. The molecule has 0 saturated heterocycles. The number of hydrogen-bond acceptors (Lipinski definition) is 2. The largest absolute Gasteiger partial charge is 0.481 e. The second kappa shape index (κ2) is 39.1. The molecule has 0 aliphatic rings. The third-order valence-electron chi connectivity index (χ3n) is 9.88. The molecule has 1 N–H and O–H groups in total. The molecule has 0 rings (SSSR count). The van der Waals surface area contributed by atoms with E-state index in [9.17, 15) is 14.7 Å². The zero-order chi connectivity index (χ0) is 34.3. The first-order valence-corrected chi connectivity index (χ1v) is 21.2. The Morgan fingerprint density at radius 1 is 0.404 bits per heavy atom. The third kappa shape index (κ3) is 35.7. The van der Waals surface area contributed by atoms with Crippen LogP contribution in [-0.2, 0) is 9.59 Å². The van der Waals surface area contributed by atoms with Crippen LogP contribution in [0.2, 0.25) is 0 Å². The van der Waals surface area contributed by atoms with E-state index in [2.05, 4.69) is 38.2 Å². The summed E-state index contributed by atoms with van der Waals surface area (Å²) in [5, 5.41) is 9.62. The van der Waals surface area contributed by atoms with Crippen LogP contribution in [0, 0.1) is 5.92 Å². The summed E-state index contributed by atoms with van der Waals surface area (Å²) < 4.78 is 0. The number of aliphatic carboxylic acids is 1. The molecule has 1 unspecified atom stereocenters. The number of unbranched alkanes of at least 4 members (excludes halogenated alkanes) is 29. The lowest BCUT2D eigenvalue weighted by Gasteiger charge is -2.11. The zero-order valence-electron chi connectivity index (χ0n) is 31.9. The quantitative estimate of drug-likeness (QED) is 0.0406. The molecule has 3 heteroatoms. The Bertz CT molecular complexity index is 709. The van der Waals surface area contributed by atoms with Crippen LogP contribution in [0.25, 0.3) is 0 Å². The molecular weight excluding hydrogens is 576 g/mol. The van der Waals surface area contributed by atoms with Crippen molar-refractivity contribution in [3.8, 4) is 0 Å². The van der Waals surface area contributed by atoms with Crippen LogP contribution in [0.5, 0.6) is 0 Å². The predicted molar refractivity (Wildman–Crippen MR) is 207 cm³/mol. The maximum Gasteiger partial charge on any atom is 0.314 e. The van der Waals surface area contributed by atoms with Crippen molar-refractivity contribution in [1.29, 1.82) is 0 Å². The SMILES string of the molecule is CCCCCCCCC=CCCCCCCCCCCCC(=O)C(CCCCCCCCCCC=CCCCCCCCC)C(=O)O. The van der Waals surface area contributed by atoms with E-state index in [0.717, 1.165) is 32.1 Å². The average Bonchev–Trinajstić information content (AvgIpc) is 3.06. The summed E-state index contributed by atoms with van der Waals surface area (Å²) in [5.74, 6) is -1.74.